The molecule has 4 N–H and O–H groups in total. The van der Waals surface area contributed by atoms with Crippen molar-refractivity contribution in [2.24, 2.45) is 0 Å². The number of fused-ring (bicyclic) bond motifs is 1. The quantitative estimate of drug-likeness (QED) is 0.659. The summed E-state index contributed by atoms with van der Waals surface area (Å²) in [6.07, 6.45) is 2.27. The van der Waals surface area contributed by atoms with Crippen molar-refractivity contribution in [3.63, 3.8) is 0 Å². The third-order valence-corrected chi connectivity index (χ3v) is 5.10. The van der Waals surface area contributed by atoms with E-state index < -0.39 is 11.9 Å². The molecule has 1 atom stereocenters. The summed E-state index contributed by atoms with van der Waals surface area (Å²) in [4.78, 5) is 42.4. The topological polar surface area (TPSA) is 117 Å². The zero-order chi connectivity index (χ0) is 19.7. The Bertz CT molecular complexity index is 959. The number of amides is 3. The summed E-state index contributed by atoms with van der Waals surface area (Å²) in [7, 11) is 0. The number of hydrogen-bond acceptors (Lipinski definition) is 6. The van der Waals surface area contributed by atoms with E-state index in [4.69, 9.17) is 5.73 Å². The summed E-state index contributed by atoms with van der Waals surface area (Å²) < 4.78 is 0. The van der Waals surface area contributed by atoms with Crippen molar-refractivity contribution in [3.8, 4) is 0 Å². The molecule has 28 heavy (non-hydrogen) atoms. The van der Waals surface area contributed by atoms with E-state index in [0.717, 1.165) is 16.8 Å². The van der Waals surface area contributed by atoms with Gasteiger partial charge in [0.2, 0.25) is 11.8 Å². The summed E-state index contributed by atoms with van der Waals surface area (Å²) in [6, 6.07) is 8.66. The molecule has 1 aromatic carbocycles. The lowest BCUT2D eigenvalue weighted by molar-refractivity contribution is -0.136. The second-order valence-corrected chi connectivity index (χ2v) is 7.04. The van der Waals surface area contributed by atoms with Gasteiger partial charge < -0.3 is 16.0 Å². The highest BCUT2D eigenvalue weighted by Crippen LogP contribution is 2.29. The fourth-order valence-corrected chi connectivity index (χ4v) is 3.76. The molecule has 0 spiro atoms. The molecule has 0 bridgehead atoms. The number of nitrogens with zero attached hydrogens (tertiary/aromatic N) is 2. The molecule has 8 nitrogen and oxygen atoms in total. The van der Waals surface area contributed by atoms with Crippen LogP contribution in [-0.4, -0.2) is 33.6 Å². The fraction of sp³-hybridized carbons (Fsp3) is 0.300. The number of hydrogen-bond donors (Lipinski definition) is 3. The first kappa shape index (κ1) is 18.1. The molecular formula is C20H21N5O3. The number of anilines is 1. The number of carbonyl (C=O) groups is 3. The molecule has 2 aromatic rings. The standard InChI is InChI=1S/C20H21N5O3/c21-14-6-7-23-15(8-14)10-22-9-12-2-1-3-13-11-25(20(28)18(12)13)16-4-5-17(26)24-19(16)27/h1-3,6-8,16,22H,4-5,9-11H2,(H2,21,23)(H,24,26,27). The van der Waals surface area contributed by atoms with E-state index in [-0.39, 0.29) is 18.2 Å². The molecule has 4 rings (SSSR count). The largest absolute Gasteiger partial charge is 0.399 e. The molecule has 0 aliphatic carbocycles. The van der Waals surface area contributed by atoms with E-state index in [1.54, 1.807) is 23.2 Å². The molecule has 1 saturated heterocycles. The number of aromatic nitrogens is 1. The second-order valence-electron chi connectivity index (χ2n) is 7.04. The maximum absolute atomic E-state index is 13.0. The van der Waals surface area contributed by atoms with Crippen molar-refractivity contribution in [1.82, 2.24) is 20.5 Å². The molecule has 0 radical (unpaired) electrons. The molecule has 1 fully saturated rings. The Morgan fingerprint density at radius 3 is 2.86 bits per heavy atom. The maximum Gasteiger partial charge on any atom is 0.255 e. The van der Waals surface area contributed by atoms with Crippen LogP contribution in [0, 0.1) is 0 Å². The first-order valence-electron chi connectivity index (χ1n) is 9.19. The number of benzene rings is 1. The molecule has 0 saturated carbocycles. The molecule has 3 heterocycles. The second kappa shape index (κ2) is 7.40. The van der Waals surface area contributed by atoms with Gasteiger partial charge in [-0.3, -0.25) is 24.7 Å². The van der Waals surface area contributed by atoms with Gasteiger partial charge in [-0.2, -0.15) is 0 Å². The molecule has 3 amide bonds. The van der Waals surface area contributed by atoms with E-state index in [0.29, 0.717) is 37.3 Å². The molecule has 144 valence electrons. The Hall–Kier alpha value is -3.26. The Balaban J connectivity index is 1.47. The van der Waals surface area contributed by atoms with Gasteiger partial charge in [0.05, 0.1) is 5.69 Å². The SMILES string of the molecule is Nc1ccnc(CNCc2cccc3c2C(=O)N(C2CCC(=O)NC2=O)C3)c1. The minimum atomic E-state index is -0.602. The van der Waals surface area contributed by atoms with Crippen LogP contribution in [0.5, 0.6) is 0 Å². The third-order valence-electron chi connectivity index (χ3n) is 5.10. The van der Waals surface area contributed by atoms with Crippen LogP contribution < -0.4 is 16.4 Å². The Kier molecular flexibility index (Phi) is 4.79. The highest BCUT2D eigenvalue weighted by Gasteiger charge is 2.39. The van der Waals surface area contributed by atoms with Crippen LogP contribution in [-0.2, 0) is 29.2 Å². The van der Waals surface area contributed by atoms with E-state index in [9.17, 15) is 14.4 Å². The van der Waals surface area contributed by atoms with E-state index in [2.05, 4.69) is 15.6 Å². The van der Waals surface area contributed by atoms with Crippen LogP contribution in [0.1, 0.15) is 40.0 Å². The normalized spacial score (nSPS) is 18.9. The van der Waals surface area contributed by atoms with Crippen LogP contribution in [0.4, 0.5) is 5.69 Å². The lowest BCUT2D eigenvalue weighted by Gasteiger charge is -2.29. The number of nitrogens with two attached hydrogens (primary N) is 1. The maximum atomic E-state index is 13.0. The van der Waals surface area contributed by atoms with Crippen molar-refractivity contribution in [3.05, 3.63) is 58.9 Å². The van der Waals surface area contributed by atoms with Crippen molar-refractivity contribution in [2.75, 3.05) is 5.73 Å². The van der Waals surface area contributed by atoms with Crippen LogP contribution in [0.2, 0.25) is 0 Å². The zero-order valence-corrected chi connectivity index (χ0v) is 15.3. The fourth-order valence-electron chi connectivity index (χ4n) is 3.76. The monoisotopic (exact) mass is 379 g/mol. The van der Waals surface area contributed by atoms with Gasteiger partial charge in [-0.25, -0.2) is 0 Å². The smallest absolute Gasteiger partial charge is 0.255 e. The molecule has 2 aliphatic heterocycles. The van der Waals surface area contributed by atoms with Gasteiger partial charge in [0.15, 0.2) is 0 Å². The van der Waals surface area contributed by atoms with Crippen LogP contribution in [0.25, 0.3) is 0 Å². The number of piperidine rings is 1. The summed E-state index contributed by atoms with van der Waals surface area (Å²) in [5, 5.41) is 5.62. The van der Waals surface area contributed by atoms with Gasteiger partial charge >= 0.3 is 0 Å². The first-order valence-corrected chi connectivity index (χ1v) is 9.19. The number of imide groups is 1. The van der Waals surface area contributed by atoms with Crippen molar-refractivity contribution < 1.29 is 14.4 Å². The van der Waals surface area contributed by atoms with Gasteiger partial charge in [-0.15, -0.1) is 0 Å². The minimum absolute atomic E-state index is 0.163. The van der Waals surface area contributed by atoms with Crippen molar-refractivity contribution in [2.45, 2.75) is 38.5 Å². The Morgan fingerprint density at radius 1 is 1.21 bits per heavy atom. The predicted octanol–water partition coefficient (Wildman–Crippen LogP) is 0.715. The lowest BCUT2D eigenvalue weighted by Crippen LogP contribution is -2.52. The number of carbonyl (C=O) groups excluding carboxylic acids is 3. The highest BCUT2D eigenvalue weighted by atomic mass is 16.2. The van der Waals surface area contributed by atoms with Gasteiger partial charge in [0.1, 0.15) is 6.04 Å². The third kappa shape index (κ3) is 3.46. The van der Waals surface area contributed by atoms with Crippen LogP contribution in [0.3, 0.4) is 0 Å². The van der Waals surface area contributed by atoms with Gasteiger partial charge in [0, 0.05) is 43.5 Å². The van der Waals surface area contributed by atoms with Gasteiger partial charge in [0.25, 0.3) is 5.91 Å². The Labute approximate surface area is 162 Å². The van der Waals surface area contributed by atoms with Gasteiger partial charge in [-0.05, 0) is 29.7 Å². The summed E-state index contributed by atoms with van der Waals surface area (Å²) in [5.74, 6) is -0.848. The van der Waals surface area contributed by atoms with E-state index in [1.807, 2.05) is 18.2 Å². The Morgan fingerprint density at radius 2 is 2.07 bits per heavy atom. The zero-order valence-electron chi connectivity index (χ0n) is 15.3. The number of pyridine rings is 1. The summed E-state index contributed by atoms with van der Waals surface area (Å²) >= 11 is 0. The average Bonchev–Trinajstić information content (AvgIpc) is 2.99. The van der Waals surface area contributed by atoms with Crippen molar-refractivity contribution in [1.29, 1.82) is 0 Å². The highest BCUT2D eigenvalue weighted by molar-refractivity contribution is 6.05. The van der Waals surface area contributed by atoms with Crippen LogP contribution in [0.15, 0.2) is 36.5 Å². The molecule has 2 aliphatic rings. The molecule has 1 unspecified atom stereocenters. The number of nitrogen functional groups attached to an aromatic ring is 1. The number of nitrogens with one attached hydrogen (secondary N) is 2. The van der Waals surface area contributed by atoms with Crippen molar-refractivity contribution >= 4 is 23.4 Å². The van der Waals surface area contributed by atoms with E-state index in [1.165, 1.54) is 0 Å². The predicted molar refractivity (Wildman–Crippen MR) is 102 cm³/mol. The molecular weight excluding hydrogens is 358 g/mol. The van der Waals surface area contributed by atoms with Gasteiger partial charge in [-0.1, -0.05) is 18.2 Å². The average molecular weight is 379 g/mol. The number of rotatable bonds is 5. The van der Waals surface area contributed by atoms with E-state index >= 15 is 0 Å². The lowest BCUT2D eigenvalue weighted by atomic mass is 10.0. The molecule has 1 aromatic heterocycles. The molecule has 8 heteroatoms. The summed E-state index contributed by atoms with van der Waals surface area (Å²) in [5.41, 5.74) is 9.66. The first-order chi connectivity index (χ1) is 13.5. The summed E-state index contributed by atoms with van der Waals surface area (Å²) in [6.45, 7) is 1.40. The van der Waals surface area contributed by atoms with Crippen LogP contribution >= 0.6 is 0 Å². The minimum Gasteiger partial charge on any atom is -0.399 e.